The maximum Gasteiger partial charge on any atom is 0.227 e. The number of carbonyl (C=O) groups is 1. The average Bonchev–Trinajstić information content (AvgIpc) is 2.43. The van der Waals surface area contributed by atoms with Gasteiger partial charge in [-0.15, -0.1) is 0 Å². The van der Waals surface area contributed by atoms with Crippen molar-refractivity contribution in [1.82, 2.24) is 5.32 Å². The van der Waals surface area contributed by atoms with Crippen molar-refractivity contribution >= 4 is 5.91 Å². The second-order valence-electron chi connectivity index (χ2n) is 4.90. The molecule has 0 aliphatic heterocycles. The SMILES string of the molecule is CNC(=O)C(CCN)c1cc(C(C)C)ccc1OC. The summed E-state index contributed by atoms with van der Waals surface area (Å²) in [7, 11) is 3.27. The van der Waals surface area contributed by atoms with Crippen molar-refractivity contribution in [1.29, 1.82) is 0 Å². The van der Waals surface area contributed by atoms with Crippen LogP contribution in [0.3, 0.4) is 0 Å². The fraction of sp³-hybridized carbons (Fsp3) is 0.533. The van der Waals surface area contributed by atoms with E-state index in [4.69, 9.17) is 10.5 Å². The standard InChI is InChI=1S/C15H24N2O2/c1-10(2)11-5-6-14(19-4)13(9-11)12(7-8-16)15(18)17-3/h5-6,9-10,12H,7-8,16H2,1-4H3,(H,17,18). The Bertz CT molecular complexity index is 430. The molecule has 19 heavy (non-hydrogen) atoms. The molecule has 106 valence electrons. The molecule has 0 aliphatic carbocycles. The van der Waals surface area contributed by atoms with Gasteiger partial charge in [0, 0.05) is 12.6 Å². The van der Waals surface area contributed by atoms with E-state index in [1.165, 1.54) is 5.56 Å². The molecule has 0 saturated carbocycles. The Balaban J connectivity index is 3.25. The number of rotatable bonds is 6. The summed E-state index contributed by atoms with van der Waals surface area (Å²) >= 11 is 0. The molecule has 1 amide bonds. The third kappa shape index (κ3) is 3.70. The summed E-state index contributed by atoms with van der Waals surface area (Å²) < 4.78 is 5.38. The van der Waals surface area contributed by atoms with Crippen molar-refractivity contribution in [3.05, 3.63) is 29.3 Å². The largest absolute Gasteiger partial charge is 0.496 e. The molecule has 0 fully saturated rings. The number of nitrogens with two attached hydrogens (primary N) is 1. The van der Waals surface area contributed by atoms with E-state index >= 15 is 0 Å². The fourth-order valence-corrected chi connectivity index (χ4v) is 2.15. The molecular weight excluding hydrogens is 240 g/mol. The first-order valence-electron chi connectivity index (χ1n) is 6.64. The number of hydrogen-bond acceptors (Lipinski definition) is 3. The molecular formula is C15H24N2O2. The van der Waals surface area contributed by atoms with Gasteiger partial charge in [-0.05, 0) is 30.5 Å². The Labute approximate surface area is 115 Å². The first-order valence-corrected chi connectivity index (χ1v) is 6.64. The van der Waals surface area contributed by atoms with Crippen LogP contribution in [-0.2, 0) is 4.79 Å². The molecule has 1 unspecified atom stereocenters. The van der Waals surface area contributed by atoms with E-state index in [1.807, 2.05) is 12.1 Å². The first kappa shape index (κ1) is 15.5. The van der Waals surface area contributed by atoms with Gasteiger partial charge < -0.3 is 15.8 Å². The van der Waals surface area contributed by atoms with E-state index in [-0.39, 0.29) is 11.8 Å². The van der Waals surface area contributed by atoms with Crippen LogP contribution in [0.5, 0.6) is 5.75 Å². The number of nitrogens with one attached hydrogen (secondary N) is 1. The van der Waals surface area contributed by atoms with Crippen molar-refractivity contribution in [3.8, 4) is 5.75 Å². The van der Waals surface area contributed by atoms with E-state index in [0.717, 1.165) is 11.3 Å². The minimum Gasteiger partial charge on any atom is -0.496 e. The molecule has 0 heterocycles. The van der Waals surface area contributed by atoms with Gasteiger partial charge in [0.15, 0.2) is 0 Å². The predicted molar refractivity (Wildman–Crippen MR) is 77.6 cm³/mol. The third-order valence-corrected chi connectivity index (χ3v) is 3.31. The molecule has 1 aromatic carbocycles. The second-order valence-corrected chi connectivity index (χ2v) is 4.90. The lowest BCUT2D eigenvalue weighted by atomic mass is 9.90. The number of benzene rings is 1. The lowest BCUT2D eigenvalue weighted by Crippen LogP contribution is -2.28. The van der Waals surface area contributed by atoms with Crippen LogP contribution in [-0.4, -0.2) is 26.6 Å². The highest BCUT2D eigenvalue weighted by Crippen LogP contribution is 2.32. The summed E-state index contributed by atoms with van der Waals surface area (Å²) in [5, 5.41) is 2.70. The minimum atomic E-state index is -0.261. The number of ether oxygens (including phenoxy) is 1. The Kier molecular flexibility index (Phi) is 5.83. The van der Waals surface area contributed by atoms with Crippen LogP contribution in [0.25, 0.3) is 0 Å². The molecule has 4 heteroatoms. The Morgan fingerprint density at radius 2 is 2.11 bits per heavy atom. The summed E-state index contributed by atoms with van der Waals surface area (Å²) in [4.78, 5) is 12.0. The molecule has 0 aliphatic rings. The molecule has 0 spiro atoms. The quantitative estimate of drug-likeness (QED) is 0.826. The molecule has 0 aromatic heterocycles. The van der Waals surface area contributed by atoms with Crippen molar-refractivity contribution in [2.24, 2.45) is 5.73 Å². The van der Waals surface area contributed by atoms with Gasteiger partial charge in [0.2, 0.25) is 5.91 Å². The van der Waals surface area contributed by atoms with Crippen LogP contribution in [0.1, 0.15) is 43.2 Å². The van der Waals surface area contributed by atoms with Crippen LogP contribution < -0.4 is 15.8 Å². The molecule has 1 atom stereocenters. The number of methoxy groups -OCH3 is 1. The maximum atomic E-state index is 12.0. The van der Waals surface area contributed by atoms with Crippen LogP contribution in [0.2, 0.25) is 0 Å². The molecule has 0 saturated heterocycles. The smallest absolute Gasteiger partial charge is 0.227 e. The minimum absolute atomic E-state index is 0.0235. The van der Waals surface area contributed by atoms with Gasteiger partial charge in [-0.25, -0.2) is 0 Å². The summed E-state index contributed by atoms with van der Waals surface area (Å²) in [5.74, 6) is 0.868. The maximum absolute atomic E-state index is 12.0. The van der Waals surface area contributed by atoms with Crippen molar-refractivity contribution in [2.45, 2.75) is 32.1 Å². The highest BCUT2D eigenvalue weighted by molar-refractivity contribution is 5.84. The van der Waals surface area contributed by atoms with E-state index < -0.39 is 0 Å². The number of carbonyl (C=O) groups excluding carboxylic acids is 1. The van der Waals surface area contributed by atoms with Gasteiger partial charge in [-0.3, -0.25) is 4.79 Å². The molecule has 0 radical (unpaired) electrons. The highest BCUT2D eigenvalue weighted by atomic mass is 16.5. The Morgan fingerprint density at radius 3 is 2.58 bits per heavy atom. The van der Waals surface area contributed by atoms with Gasteiger partial charge >= 0.3 is 0 Å². The average molecular weight is 264 g/mol. The molecule has 1 aromatic rings. The number of amides is 1. The monoisotopic (exact) mass is 264 g/mol. The zero-order chi connectivity index (χ0) is 14.4. The fourth-order valence-electron chi connectivity index (χ4n) is 2.15. The van der Waals surface area contributed by atoms with Crippen LogP contribution in [0.4, 0.5) is 0 Å². The van der Waals surface area contributed by atoms with E-state index in [2.05, 4.69) is 25.2 Å². The summed E-state index contributed by atoms with van der Waals surface area (Å²) in [6.45, 7) is 4.72. The molecule has 4 nitrogen and oxygen atoms in total. The second kappa shape index (κ2) is 7.14. The number of likely N-dealkylation sites (N-methyl/N-ethyl adjacent to an activating group) is 1. The van der Waals surface area contributed by atoms with E-state index in [9.17, 15) is 4.79 Å². The van der Waals surface area contributed by atoms with Crippen molar-refractivity contribution in [3.63, 3.8) is 0 Å². The normalized spacial score (nSPS) is 12.3. The Hall–Kier alpha value is -1.55. The molecule has 0 bridgehead atoms. The summed E-state index contributed by atoms with van der Waals surface area (Å²) in [6.07, 6.45) is 0.609. The number of hydrogen-bond donors (Lipinski definition) is 2. The molecule has 3 N–H and O–H groups in total. The van der Waals surface area contributed by atoms with Crippen LogP contribution in [0.15, 0.2) is 18.2 Å². The van der Waals surface area contributed by atoms with Crippen molar-refractivity contribution in [2.75, 3.05) is 20.7 Å². The van der Waals surface area contributed by atoms with Gasteiger partial charge in [0.1, 0.15) is 5.75 Å². The lowest BCUT2D eigenvalue weighted by Gasteiger charge is -2.20. The lowest BCUT2D eigenvalue weighted by molar-refractivity contribution is -0.122. The summed E-state index contributed by atoms with van der Waals surface area (Å²) in [5.41, 5.74) is 7.74. The highest BCUT2D eigenvalue weighted by Gasteiger charge is 2.23. The van der Waals surface area contributed by atoms with Gasteiger partial charge in [0.25, 0.3) is 0 Å². The zero-order valence-corrected chi connectivity index (χ0v) is 12.2. The topological polar surface area (TPSA) is 64.4 Å². The summed E-state index contributed by atoms with van der Waals surface area (Å²) in [6, 6.07) is 6.02. The predicted octanol–water partition coefficient (Wildman–Crippen LogP) is 2.00. The van der Waals surface area contributed by atoms with Crippen molar-refractivity contribution < 1.29 is 9.53 Å². The van der Waals surface area contributed by atoms with Crippen LogP contribution >= 0.6 is 0 Å². The van der Waals surface area contributed by atoms with E-state index in [0.29, 0.717) is 18.9 Å². The Morgan fingerprint density at radius 1 is 1.42 bits per heavy atom. The van der Waals surface area contributed by atoms with Crippen LogP contribution in [0, 0.1) is 0 Å². The molecule has 1 rings (SSSR count). The van der Waals surface area contributed by atoms with Gasteiger partial charge in [0.05, 0.1) is 13.0 Å². The van der Waals surface area contributed by atoms with E-state index in [1.54, 1.807) is 14.2 Å². The van der Waals surface area contributed by atoms with Gasteiger partial charge in [-0.2, -0.15) is 0 Å². The zero-order valence-electron chi connectivity index (χ0n) is 12.2. The third-order valence-electron chi connectivity index (χ3n) is 3.31. The first-order chi connectivity index (χ1) is 9.04. The van der Waals surface area contributed by atoms with Gasteiger partial charge in [-0.1, -0.05) is 26.0 Å².